The number of carbonyl (C=O) groups is 2. The molecule has 9 heteroatoms. The number of aliphatic hydroxyl groups is 1. The number of nitrogens with zero attached hydrogens (tertiary/aromatic N) is 1. The molecule has 9 nitrogen and oxygen atoms in total. The largest absolute Gasteiger partial charge is 0.469 e. The van der Waals surface area contributed by atoms with Gasteiger partial charge in [0.15, 0.2) is 6.29 Å². The number of piperidine rings is 1. The minimum atomic E-state index is -0.802. The summed E-state index contributed by atoms with van der Waals surface area (Å²) in [6, 6.07) is -1.23. The fourth-order valence-electron chi connectivity index (χ4n) is 3.93. The highest BCUT2D eigenvalue weighted by Crippen LogP contribution is 2.33. The number of hydrogen-bond acceptors (Lipinski definition) is 7. The molecule has 3 aliphatic rings. The van der Waals surface area contributed by atoms with Crippen LogP contribution in [-0.4, -0.2) is 85.9 Å². The van der Waals surface area contributed by atoms with Gasteiger partial charge in [-0.25, -0.2) is 4.79 Å². The van der Waals surface area contributed by atoms with Crippen molar-refractivity contribution in [3.8, 4) is 0 Å². The highest BCUT2D eigenvalue weighted by molar-refractivity contribution is 5.74. The number of hydrogen-bond donors (Lipinski definition) is 3. The molecule has 0 radical (unpaired) electrons. The minimum absolute atomic E-state index is 0.107. The number of carbonyl (C=O) groups excluding carboxylic acids is 2. The van der Waals surface area contributed by atoms with Crippen molar-refractivity contribution in [2.24, 2.45) is 5.92 Å². The lowest BCUT2D eigenvalue weighted by atomic mass is 9.91. The molecule has 0 spiro atoms. The Kier molecular flexibility index (Phi) is 5.78. The van der Waals surface area contributed by atoms with Crippen molar-refractivity contribution in [3.05, 3.63) is 0 Å². The van der Waals surface area contributed by atoms with Crippen LogP contribution in [0.5, 0.6) is 0 Å². The van der Waals surface area contributed by atoms with E-state index < -0.39 is 18.4 Å². The number of rotatable bonds is 4. The van der Waals surface area contributed by atoms with Gasteiger partial charge in [0.2, 0.25) is 0 Å². The van der Waals surface area contributed by atoms with Gasteiger partial charge in [-0.05, 0) is 32.9 Å². The molecule has 3 heterocycles. The number of methoxy groups -OCH3 is 1. The second kappa shape index (κ2) is 7.86. The number of fused-ring (bicyclic) bond motifs is 2. The normalized spacial score (nSPS) is 36.0. The second-order valence-corrected chi connectivity index (χ2v) is 6.72. The van der Waals surface area contributed by atoms with Crippen LogP contribution in [-0.2, 0) is 19.0 Å². The molecule has 3 rings (SSSR count). The maximum Gasteiger partial charge on any atom is 0.315 e. The summed E-state index contributed by atoms with van der Waals surface area (Å²) in [5.41, 5.74) is 0. The van der Waals surface area contributed by atoms with Crippen LogP contribution in [0.15, 0.2) is 0 Å². The molecular formula is C16H27N3O6. The average molecular weight is 357 g/mol. The Balaban J connectivity index is 1.65. The summed E-state index contributed by atoms with van der Waals surface area (Å²) >= 11 is 0. The standard InChI is InChI=1S/C16H27N3O6/c1-3-17-16(22)18-11-10-8-24-15(25-10)12(13(11)20)19-6-4-9(5-7-19)14(21)23-2/h9-13,15,20H,3-8H2,1-2H3,(H2,17,18,22). The summed E-state index contributed by atoms with van der Waals surface area (Å²) < 4.78 is 16.4. The topological polar surface area (TPSA) is 109 Å². The lowest BCUT2D eigenvalue weighted by Gasteiger charge is -2.45. The molecule has 0 aromatic heterocycles. The molecule has 3 aliphatic heterocycles. The van der Waals surface area contributed by atoms with Gasteiger partial charge < -0.3 is 30.0 Å². The molecule has 142 valence electrons. The van der Waals surface area contributed by atoms with E-state index in [1.54, 1.807) is 0 Å². The number of amides is 2. The molecule has 3 saturated heterocycles. The third kappa shape index (κ3) is 3.74. The third-order valence-corrected chi connectivity index (χ3v) is 5.25. The fraction of sp³-hybridized carbons (Fsp3) is 0.875. The van der Waals surface area contributed by atoms with Gasteiger partial charge >= 0.3 is 12.0 Å². The number of nitrogens with one attached hydrogen (secondary N) is 2. The molecule has 0 aliphatic carbocycles. The molecule has 3 fully saturated rings. The van der Waals surface area contributed by atoms with Gasteiger partial charge in [-0.3, -0.25) is 9.69 Å². The number of ether oxygens (including phenoxy) is 3. The van der Waals surface area contributed by atoms with Gasteiger partial charge in [-0.2, -0.15) is 0 Å². The summed E-state index contributed by atoms with van der Waals surface area (Å²) in [6.45, 7) is 3.96. The summed E-state index contributed by atoms with van der Waals surface area (Å²) in [6.07, 6.45) is -0.335. The molecule has 0 aromatic rings. The minimum Gasteiger partial charge on any atom is -0.469 e. The zero-order chi connectivity index (χ0) is 18.0. The van der Waals surface area contributed by atoms with E-state index in [0.717, 1.165) is 0 Å². The van der Waals surface area contributed by atoms with Gasteiger partial charge in [-0.15, -0.1) is 0 Å². The SMILES string of the molecule is CCNC(=O)NC1C2COC(O2)C(N2CCC(C(=O)OC)CC2)C1O. The van der Waals surface area contributed by atoms with Gasteiger partial charge in [0.1, 0.15) is 6.10 Å². The number of aliphatic hydroxyl groups excluding tert-OH is 1. The summed E-state index contributed by atoms with van der Waals surface area (Å²) in [4.78, 5) is 25.6. The molecule has 25 heavy (non-hydrogen) atoms. The Hall–Kier alpha value is -1.42. The highest BCUT2D eigenvalue weighted by atomic mass is 16.7. The van der Waals surface area contributed by atoms with Crippen LogP contribution >= 0.6 is 0 Å². The van der Waals surface area contributed by atoms with Crippen LogP contribution < -0.4 is 10.6 Å². The van der Waals surface area contributed by atoms with Crippen LogP contribution in [0.3, 0.4) is 0 Å². The molecule has 3 N–H and O–H groups in total. The predicted octanol–water partition coefficient (Wildman–Crippen LogP) is -0.956. The molecular weight excluding hydrogens is 330 g/mol. The van der Waals surface area contributed by atoms with E-state index in [4.69, 9.17) is 14.2 Å². The Morgan fingerprint density at radius 1 is 1.32 bits per heavy atom. The molecule has 5 unspecified atom stereocenters. The second-order valence-electron chi connectivity index (χ2n) is 6.72. The number of esters is 1. The first-order valence-electron chi connectivity index (χ1n) is 8.86. The average Bonchev–Trinajstić information content (AvgIpc) is 3.04. The van der Waals surface area contributed by atoms with Crippen molar-refractivity contribution in [2.45, 2.75) is 50.3 Å². The first kappa shape index (κ1) is 18.4. The van der Waals surface area contributed by atoms with Crippen LogP contribution in [0.2, 0.25) is 0 Å². The van der Waals surface area contributed by atoms with Gasteiger partial charge in [-0.1, -0.05) is 0 Å². The molecule has 2 bridgehead atoms. The van der Waals surface area contributed by atoms with Crippen molar-refractivity contribution >= 4 is 12.0 Å². The van der Waals surface area contributed by atoms with E-state index in [1.807, 2.05) is 6.92 Å². The fourth-order valence-corrected chi connectivity index (χ4v) is 3.93. The predicted molar refractivity (Wildman–Crippen MR) is 86.7 cm³/mol. The van der Waals surface area contributed by atoms with Crippen LogP contribution in [0.4, 0.5) is 4.79 Å². The van der Waals surface area contributed by atoms with Crippen molar-refractivity contribution in [1.29, 1.82) is 0 Å². The van der Waals surface area contributed by atoms with E-state index in [1.165, 1.54) is 7.11 Å². The smallest absolute Gasteiger partial charge is 0.315 e. The van der Waals surface area contributed by atoms with Gasteiger partial charge in [0.05, 0.1) is 37.8 Å². The third-order valence-electron chi connectivity index (χ3n) is 5.25. The molecule has 0 saturated carbocycles. The maximum absolute atomic E-state index is 11.9. The summed E-state index contributed by atoms with van der Waals surface area (Å²) in [5, 5.41) is 16.3. The van der Waals surface area contributed by atoms with Crippen molar-refractivity contribution < 1.29 is 28.9 Å². The monoisotopic (exact) mass is 357 g/mol. The quantitative estimate of drug-likeness (QED) is 0.556. The highest BCUT2D eigenvalue weighted by Gasteiger charge is 2.53. The molecule has 5 atom stereocenters. The zero-order valence-electron chi connectivity index (χ0n) is 14.6. The van der Waals surface area contributed by atoms with E-state index in [-0.39, 0.29) is 30.1 Å². The Labute approximate surface area is 147 Å². The number of likely N-dealkylation sites (tertiary alicyclic amines) is 1. The first-order valence-corrected chi connectivity index (χ1v) is 8.86. The van der Waals surface area contributed by atoms with Crippen LogP contribution in [0.25, 0.3) is 0 Å². The van der Waals surface area contributed by atoms with Crippen LogP contribution in [0, 0.1) is 5.92 Å². The Morgan fingerprint density at radius 2 is 2.04 bits per heavy atom. The Morgan fingerprint density at radius 3 is 2.68 bits per heavy atom. The number of urea groups is 1. The first-order chi connectivity index (χ1) is 12.0. The summed E-state index contributed by atoms with van der Waals surface area (Å²) in [7, 11) is 1.40. The Bertz CT molecular complexity index is 496. The van der Waals surface area contributed by atoms with E-state index >= 15 is 0 Å². The van der Waals surface area contributed by atoms with Crippen molar-refractivity contribution in [3.63, 3.8) is 0 Å². The van der Waals surface area contributed by atoms with Crippen LogP contribution in [0.1, 0.15) is 19.8 Å². The van der Waals surface area contributed by atoms with Crippen molar-refractivity contribution in [2.75, 3.05) is 33.4 Å². The summed E-state index contributed by atoms with van der Waals surface area (Å²) in [5.74, 6) is -0.294. The van der Waals surface area contributed by atoms with Gasteiger partial charge in [0.25, 0.3) is 0 Å². The maximum atomic E-state index is 11.9. The van der Waals surface area contributed by atoms with E-state index in [2.05, 4.69) is 15.5 Å². The molecule has 2 amide bonds. The van der Waals surface area contributed by atoms with E-state index in [9.17, 15) is 14.7 Å². The lowest BCUT2D eigenvalue weighted by Crippen LogP contribution is -2.66. The molecule has 0 aromatic carbocycles. The zero-order valence-corrected chi connectivity index (χ0v) is 14.6. The van der Waals surface area contributed by atoms with E-state index in [0.29, 0.717) is 39.1 Å². The van der Waals surface area contributed by atoms with Gasteiger partial charge in [0, 0.05) is 6.54 Å². The lowest BCUT2D eigenvalue weighted by molar-refractivity contribution is -0.185. The van der Waals surface area contributed by atoms with Crippen molar-refractivity contribution in [1.82, 2.24) is 15.5 Å².